The predicted molar refractivity (Wildman–Crippen MR) is 73.6 cm³/mol. The van der Waals surface area contributed by atoms with Gasteiger partial charge in [-0.2, -0.15) is 0 Å². The molecule has 0 saturated heterocycles. The van der Waals surface area contributed by atoms with Crippen molar-refractivity contribution in [1.82, 2.24) is 5.32 Å². The Kier molecular flexibility index (Phi) is 5.23. The summed E-state index contributed by atoms with van der Waals surface area (Å²) in [5.74, 6) is 0.960. The molecule has 0 aromatic heterocycles. The third kappa shape index (κ3) is 4.23. The minimum Gasteiger partial charge on any atom is -0.489 e. The van der Waals surface area contributed by atoms with Crippen molar-refractivity contribution < 1.29 is 4.74 Å². The third-order valence-corrected chi connectivity index (χ3v) is 2.62. The van der Waals surface area contributed by atoms with E-state index in [1.165, 1.54) is 11.1 Å². The normalized spacial score (nSPS) is 12.2. The average molecular weight is 233 g/mol. The van der Waals surface area contributed by atoms with E-state index >= 15 is 0 Å². The lowest BCUT2D eigenvalue weighted by Crippen LogP contribution is -2.18. The Bertz CT molecular complexity index is 385. The first-order valence-corrected chi connectivity index (χ1v) is 6.15. The molecule has 1 N–H and O–H groups in total. The van der Waals surface area contributed by atoms with Gasteiger partial charge in [-0.1, -0.05) is 25.6 Å². The molecule has 0 fully saturated rings. The lowest BCUT2D eigenvalue weighted by atomic mass is 10.0. The molecule has 0 aliphatic rings. The minimum atomic E-state index is 0.306. The highest BCUT2D eigenvalue weighted by atomic mass is 16.5. The Labute approximate surface area is 105 Å². The van der Waals surface area contributed by atoms with Crippen LogP contribution in [-0.2, 0) is 0 Å². The fraction of sp³-hybridized carbons (Fsp3) is 0.467. The maximum absolute atomic E-state index is 5.81. The first-order chi connectivity index (χ1) is 8.04. The molecule has 1 unspecified atom stereocenters. The van der Waals surface area contributed by atoms with E-state index in [1.807, 2.05) is 6.92 Å². The van der Waals surface area contributed by atoms with E-state index in [1.54, 1.807) is 0 Å². The lowest BCUT2D eigenvalue weighted by Gasteiger charge is -2.18. The Morgan fingerprint density at radius 1 is 1.47 bits per heavy atom. The van der Waals surface area contributed by atoms with Gasteiger partial charge in [0.2, 0.25) is 0 Å². The SMILES string of the molecule is C=C(C)COc1cc(C)ccc1C(C)NCC. The fourth-order valence-corrected chi connectivity index (χ4v) is 1.74. The molecule has 1 aromatic carbocycles. The van der Waals surface area contributed by atoms with E-state index in [0.717, 1.165) is 17.9 Å². The fourth-order valence-electron chi connectivity index (χ4n) is 1.74. The van der Waals surface area contributed by atoms with E-state index in [0.29, 0.717) is 12.6 Å². The molecule has 2 nitrogen and oxygen atoms in total. The summed E-state index contributed by atoms with van der Waals surface area (Å²) in [5.41, 5.74) is 3.46. The summed E-state index contributed by atoms with van der Waals surface area (Å²) in [6.07, 6.45) is 0. The quantitative estimate of drug-likeness (QED) is 0.758. The van der Waals surface area contributed by atoms with Crippen LogP contribution in [0.5, 0.6) is 5.75 Å². The highest BCUT2D eigenvalue weighted by Gasteiger charge is 2.10. The summed E-state index contributed by atoms with van der Waals surface area (Å²) in [6, 6.07) is 6.65. The second-order valence-electron chi connectivity index (χ2n) is 4.57. The molecule has 0 amide bonds. The van der Waals surface area contributed by atoms with Gasteiger partial charge in [-0.25, -0.2) is 0 Å². The number of hydrogen-bond donors (Lipinski definition) is 1. The molecule has 1 atom stereocenters. The van der Waals surface area contributed by atoms with E-state index in [2.05, 4.69) is 50.9 Å². The molecule has 0 radical (unpaired) electrons. The van der Waals surface area contributed by atoms with Crippen molar-refractivity contribution in [3.8, 4) is 5.75 Å². The van der Waals surface area contributed by atoms with E-state index in [-0.39, 0.29) is 0 Å². The maximum atomic E-state index is 5.81. The van der Waals surface area contributed by atoms with Crippen LogP contribution in [-0.4, -0.2) is 13.2 Å². The zero-order valence-corrected chi connectivity index (χ0v) is 11.3. The predicted octanol–water partition coefficient (Wildman–Crippen LogP) is 3.62. The Morgan fingerprint density at radius 2 is 2.18 bits per heavy atom. The van der Waals surface area contributed by atoms with Gasteiger partial charge >= 0.3 is 0 Å². The van der Waals surface area contributed by atoms with Crippen LogP contribution < -0.4 is 10.1 Å². The van der Waals surface area contributed by atoms with Gasteiger partial charge in [0, 0.05) is 11.6 Å². The smallest absolute Gasteiger partial charge is 0.124 e. The molecular weight excluding hydrogens is 210 g/mol. The van der Waals surface area contributed by atoms with Crippen molar-refractivity contribution in [3.63, 3.8) is 0 Å². The van der Waals surface area contributed by atoms with Gasteiger partial charge in [0.05, 0.1) is 0 Å². The van der Waals surface area contributed by atoms with Crippen LogP contribution in [0.1, 0.15) is 37.9 Å². The highest BCUT2D eigenvalue weighted by molar-refractivity contribution is 5.39. The number of rotatable bonds is 6. The van der Waals surface area contributed by atoms with Gasteiger partial charge in [-0.15, -0.1) is 0 Å². The van der Waals surface area contributed by atoms with E-state index in [4.69, 9.17) is 4.74 Å². The molecule has 94 valence electrons. The van der Waals surface area contributed by atoms with Crippen LogP contribution in [0, 0.1) is 6.92 Å². The molecule has 0 aliphatic carbocycles. The number of nitrogens with one attached hydrogen (secondary N) is 1. The van der Waals surface area contributed by atoms with Gasteiger partial charge in [0.1, 0.15) is 12.4 Å². The molecule has 0 aliphatic heterocycles. The molecule has 0 saturated carbocycles. The van der Waals surface area contributed by atoms with E-state index < -0.39 is 0 Å². The van der Waals surface area contributed by atoms with Crippen molar-refractivity contribution in [1.29, 1.82) is 0 Å². The van der Waals surface area contributed by atoms with Crippen molar-refractivity contribution in [2.45, 2.75) is 33.7 Å². The minimum absolute atomic E-state index is 0.306. The summed E-state index contributed by atoms with van der Waals surface area (Å²) in [7, 11) is 0. The van der Waals surface area contributed by atoms with Gasteiger partial charge in [0.25, 0.3) is 0 Å². The van der Waals surface area contributed by atoms with Crippen LogP contribution in [0.2, 0.25) is 0 Å². The summed E-state index contributed by atoms with van der Waals surface area (Å²) in [5, 5.41) is 3.41. The Hall–Kier alpha value is -1.28. The first-order valence-electron chi connectivity index (χ1n) is 6.15. The highest BCUT2D eigenvalue weighted by Crippen LogP contribution is 2.26. The van der Waals surface area contributed by atoms with Crippen molar-refractivity contribution in [3.05, 3.63) is 41.5 Å². The molecule has 1 aromatic rings. The van der Waals surface area contributed by atoms with Crippen molar-refractivity contribution in [2.75, 3.05) is 13.2 Å². The standard InChI is InChI=1S/C15H23NO/c1-6-16-13(5)14-8-7-12(4)9-15(14)17-10-11(2)3/h7-9,13,16H,2,6,10H2,1,3-5H3. The Morgan fingerprint density at radius 3 is 2.76 bits per heavy atom. The summed E-state index contributed by atoms with van der Waals surface area (Å²) in [4.78, 5) is 0. The van der Waals surface area contributed by atoms with Crippen LogP contribution in [0.25, 0.3) is 0 Å². The summed E-state index contributed by atoms with van der Waals surface area (Å²) in [6.45, 7) is 13.7. The second-order valence-corrected chi connectivity index (χ2v) is 4.57. The summed E-state index contributed by atoms with van der Waals surface area (Å²) < 4.78 is 5.81. The molecule has 1 rings (SSSR count). The number of hydrogen-bond acceptors (Lipinski definition) is 2. The van der Waals surface area contributed by atoms with Gasteiger partial charge in [-0.3, -0.25) is 0 Å². The van der Waals surface area contributed by atoms with Crippen LogP contribution in [0.4, 0.5) is 0 Å². The largest absolute Gasteiger partial charge is 0.489 e. The van der Waals surface area contributed by atoms with Crippen LogP contribution in [0.15, 0.2) is 30.4 Å². The van der Waals surface area contributed by atoms with E-state index in [9.17, 15) is 0 Å². The number of aryl methyl sites for hydroxylation is 1. The van der Waals surface area contributed by atoms with Gasteiger partial charge in [0.15, 0.2) is 0 Å². The van der Waals surface area contributed by atoms with Gasteiger partial charge < -0.3 is 10.1 Å². The van der Waals surface area contributed by atoms with Crippen molar-refractivity contribution in [2.24, 2.45) is 0 Å². The van der Waals surface area contributed by atoms with Crippen molar-refractivity contribution >= 4 is 0 Å². The zero-order chi connectivity index (χ0) is 12.8. The zero-order valence-electron chi connectivity index (χ0n) is 11.3. The lowest BCUT2D eigenvalue weighted by molar-refractivity contribution is 0.344. The third-order valence-electron chi connectivity index (χ3n) is 2.62. The topological polar surface area (TPSA) is 21.3 Å². The molecular formula is C15H23NO. The van der Waals surface area contributed by atoms with Gasteiger partial charge in [-0.05, 0) is 44.5 Å². The molecule has 0 spiro atoms. The Balaban J connectivity index is 2.90. The molecule has 2 heteroatoms. The maximum Gasteiger partial charge on any atom is 0.124 e. The molecule has 0 bridgehead atoms. The monoisotopic (exact) mass is 233 g/mol. The number of ether oxygens (including phenoxy) is 1. The number of benzene rings is 1. The molecule has 17 heavy (non-hydrogen) atoms. The molecule has 0 heterocycles. The average Bonchev–Trinajstić information content (AvgIpc) is 2.26. The first kappa shape index (κ1) is 13.8. The second kappa shape index (κ2) is 6.45. The summed E-state index contributed by atoms with van der Waals surface area (Å²) >= 11 is 0. The van der Waals surface area contributed by atoms with Crippen LogP contribution in [0.3, 0.4) is 0 Å². The van der Waals surface area contributed by atoms with Crippen LogP contribution >= 0.6 is 0 Å².